The summed E-state index contributed by atoms with van der Waals surface area (Å²) in [5.74, 6) is 0.498. The molecule has 1 aromatic heterocycles. The Bertz CT molecular complexity index is 1400. The van der Waals surface area contributed by atoms with E-state index in [0.29, 0.717) is 40.3 Å². The third kappa shape index (κ3) is 5.90. The lowest BCUT2D eigenvalue weighted by Gasteiger charge is -2.19. The topological polar surface area (TPSA) is 113 Å². The quantitative estimate of drug-likeness (QED) is 0.299. The van der Waals surface area contributed by atoms with E-state index in [1.165, 1.54) is 7.11 Å². The predicted octanol–water partition coefficient (Wildman–Crippen LogP) is 5.14. The molecule has 0 aliphatic heterocycles. The second kappa shape index (κ2) is 11.8. The van der Waals surface area contributed by atoms with E-state index in [2.05, 4.69) is 15.3 Å². The summed E-state index contributed by atoms with van der Waals surface area (Å²) in [6.45, 7) is 4.19. The number of halogens is 2. The Morgan fingerprint density at radius 2 is 1.83 bits per heavy atom. The Hall–Kier alpha value is -3.75. The van der Waals surface area contributed by atoms with Crippen LogP contribution in [0.25, 0.3) is 11.0 Å². The second-order valence-corrected chi connectivity index (χ2v) is 8.26. The highest BCUT2D eigenvalue weighted by atomic mass is 35.5. The number of anilines is 2. The molecular formula is C26H29Cl2N5O3. The minimum atomic E-state index is -0.357. The highest BCUT2D eigenvalue weighted by molar-refractivity contribution is 6.10. The molecule has 0 atom stereocenters. The van der Waals surface area contributed by atoms with Crippen molar-refractivity contribution < 1.29 is 14.3 Å². The minimum absolute atomic E-state index is 0. The number of aromatic nitrogens is 2. The van der Waals surface area contributed by atoms with Gasteiger partial charge in [-0.05, 0) is 61.4 Å². The van der Waals surface area contributed by atoms with Gasteiger partial charge in [0.1, 0.15) is 17.1 Å². The van der Waals surface area contributed by atoms with Crippen LogP contribution in [-0.2, 0) is 6.54 Å². The van der Waals surface area contributed by atoms with Crippen molar-refractivity contribution in [2.24, 2.45) is 0 Å². The highest BCUT2D eigenvalue weighted by Gasteiger charge is 2.19. The van der Waals surface area contributed by atoms with Crippen LogP contribution in [0.2, 0.25) is 0 Å². The first-order valence-corrected chi connectivity index (χ1v) is 10.8. The molecule has 0 spiro atoms. The Labute approximate surface area is 222 Å². The molecule has 2 amide bonds. The lowest BCUT2D eigenvalue weighted by atomic mass is 10.1. The molecule has 0 bridgehead atoms. The molecule has 0 unspecified atom stereocenters. The summed E-state index contributed by atoms with van der Waals surface area (Å²) >= 11 is 0. The molecular weight excluding hydrogens is 501 g/mol. The second-order valence-electron chi connectivity index (χ2n) is 8.26. The number of nitrogens with one attached hydrogen (secondary N) is 2. The number of carbonyl (C=O) groups is 2. The number of benzene rings is 3. The van der Waals surface area contributed by atoms with Crippen molar-refractivity contribution in [3.8, 4) is 5.75 Å². The van der Waals surface area contributed by atoms with E-state index in [1.807, 2.05) is 44.2 Å². The van der Waals surface area contributed by atoms with E-state index in [0.717, 1.165) is 22.5 Å². The van der Waals surface area contributed by atoms with Crippen molar-refractivity contribution in [3.05, 3.63) is 82.7 Å². The van der Waals surface area contributed by atoms with Crippen LogP contribution in [0.15, 0.2) is 54.6 Å². The zero-order valence-corrected chi connectivity index (χ0v) is 22.0. The van der Waals surface area contributed by atoms with E-state index >= 15 is 0 Å². The zero-order valence-electron chi connectivity index (χ0n) is 20.4. The number of ether oxygens (including phenoxy) is 1. The summed E-state index contributed by atoms with van der Waals surface area (Å²) in [6, 6.07) is 16.1. The average Bonchev–Trinajstić information content (AvgIpc) is 3.21. The number of nitrogens with zero attached hydrogens (tertiary/aromatic N) is 2. The number of aromatic amines is 1. The highest BCUT2D eigenvalue weighted by Crippen LogP contribution is 2.26. The number of imidazole rings is 1. The number of aryl methyl sites for hydroxylation is 2. The molecule has 0 saturated carbocycles. The van der Waals surface area contributed by atoms with Crippen molar-refractivity contribution in [1.82, 2.24) is 14.9 Å². The zero-order chi connectivity index (χ0) is 24.4. The summed E-state index contributed by atoms with van der Waals surface area (Å²) < 4.78 is 5.44. The van der Waals surface area contributed by atoms with Gasteiger partial charge < -0.3 is 25.7 Å². The number of hydrogen-bond acceptors (Lipinski definition) is 5. The van der Waals surface area contributed by atoms with Gasteiger partial charge in [0.15, 0.2) is 0 Å². The first-order valence-electron chi connectivity index (χ1n) is 10.8. The van der Waals surface area contributed by atoms with E-state index < -0.39 is 0 Å². The molecule has 0 aliphatic rings. The minimum Gasteiger partial charge on any atom is -0.496 e. The summed E-state index contributed by atoms with van der Waals surface area (Å²) in [5.41, 5.74) is 11.5. The third-order valence-electron chi connectivity index (χ3n) is 5.63. The summed E-state index contributed by atoms with van der Waals surface area (Å²) in [4.78, 5) is 35.2. The molecule has 4 rings (SSSR count). The Balaban J connectivity index is 0.00000228. The van der Waals surface area contributed by atoms with Gasteiger partial charge in [-0.25, -0.2) is 4.98 Å². The number of fused-ring (bicyclic) bond motifs is 1. The number of rotatable bonds is 6. The first kappa shape index (κ1) is 28.5. The lowest BCUT2D eigenvalue weighted by Crippen LogP contribution is -2.27. The molecule has 0 aliphatic carbocycles. The van der Waals surface area contributed by atoms with Crippen molar-refractivity contribution >= 4 is 59.0 Å². The SMILES string of the molecule is COc1cc(C(=O)N(C)Cc2ccc(C)cc2N)ccc1C(=O)Nc1cccc2[nH]c(C)nc12.Cl.Cl. The van der Waals surface area contributed by atoms with Gasteiger partial charge in [0.2, 0.25) is 0 Å². The maximum atomic E-state index is 13.0. The lowest BCUT2D eigenvalue weighted by molar-refractivity contribution is 0.0784. The fourth-order valence-corrected chi connectivity index (χ4v) is 3.86. The number of carbonyl (C=O) groups excluding carboxylic acids is 2. The molecule has 190 valence electrons. The van der Waals surface area contributed by atoms with Crippen molar-refractivity contribution in [3.63, 3.8) is 0 Å². The number of amides is 2. The van der Waals surface area contributed by atoms with E-state index in [-0.39, 0.29) is 36.6 Å². The number of para-hydroxylation sites is 1. The fraction of sp³-hybridized carbons (Fsp3) is 0.192. The van der Waals surface area contributed by atoms with Crippen molar-refractivity contribution in [2.75, 3.05) is 25.2 Å². The first-order chi connectivity index (χ1) is 16.3. The van der Waals surface area contributed by atoms with Crippen LogP contribution in [-0.4, -0.2) is 40.8 Å². The Morgan fingerprint density at radius 1 is 1.08 bits per heavy atom. The maximum absolute atomic E-state index is 13.0. The molecule has 10 heteroatoms. The van der Waals surface area contributed by atoms with Crippen LogP contribution in [0, 0.1) is 13.8 Å². The average molecular weight is 530 g/mol. The summed E-state index contributed by atoms with van der Waals surface area (Å²) in [7, 11) is 3.18. The van der Waals surface area contributed by atoms with Gasteiger partial charge in [0, 0.05) is 24.8 Å². The number of hydrogen-bond donors (Lipinski definition) is 3. The number of methoxy groups -OCH3 is 1. The number of nitrogens with two attached hydrogens (primary N) is 1. The molecule has 3 aromatic carbocycles. The maximum Gasteiger partial charge on any atom is 0.259 e. The van der Waals surface area contributed by atoms with E-state index in [9.17, 15) is 9.59 Å². The molecule has 4 N–H and O–H groups in total. The predicted molar refractivity (Wildman–Crippen MR) is 148 cm³/mol. The van der Waals surface area contributed by atoms with Crippen LogP contribution < -0.4 is 15.8 Å². The standard InChI is InChI=1S/C26H27N5O3.2ClH/c1-15-8-9-18(20(27)12-15)14-31(3)26(33)17-10-11-19(23(13-17)34-4)25(32)30-22-7-5-6-21-24(22)29-16(2)28-21;;/h5-13H,14,27H2,1-4H3,(H,28,29)(H,30,32);2*1H. The van der Waals surface area contributed by atoms with Gasteiger partial charge in [-0.2, -0.15) is 0 Å². The molecule has 0 fully saturated rings. The van der Waals surface area contributed by atoms with Crippen LogP contribution >= 0.6 is 24.8 Å². The molecule has 8 nitrogen and oxygen atoms in total. The molecule has 1 heterocycles. The van der Waals surface area contributed by atoms with Gasteiger partial charge in [0.05, 0.1) is 23.9 Å². The van der Waals surface area contributed by atoms with E-state index in [1.54, 1.807) is 36.2 Å². The van der Waals surface area contributed by atoms with Crippen molar-refractivity contribution in [1.29, 1.82) is 0 Å². The van der Waals surface area contributed by atoms with Gasteiger partial charge >= 0.3 is 0 Å². The molecule has 36 heavy (non-hydrogen) atoms. The van der Waals surface area contributed by atoms with Crippen LogP contribution in [0.4, 0.5) is 11.4 Å². The van der Waals surface area contributed by atoms with Gasteiger partial charge in [0.25, 0.3) is 11.8 Å². The number of nitrogen functional groups attached to an aromatic ring is 1. The summed E-state index contributed by atoms with van der Waals surface area (Å²) in [6.07, 6.45) is 0. The van der Waals surface area contributed by atoms with Crippen LogP contribution in [0.1, 0.15) is 37.7 Å². The molecule has 0 saturated heterocycles. The third-order valence-corrected chi connectivity index (χ3v) is 5.63. The smallest absolute Gasteiger partial charge is 0.259 e. The Kier molecular flexibility index (Phi) is 9.33. The molecule has 0 radical (unpaired) electrons. The Morgan fingerprint density at radius 3 is 2.53 bits per heavy atom. The van der Waals surface area contributed by atoms with Gasteiger partial charge in [-0.3, -0.25) is 9.59 Å². The van der Waals surface area contributed by atoms with Gasteiger partial charge in [-0.1, -0.05) is 18.2 Å². The van der Waals surface area contributed by atoms with Crippen molar-refractivity contribution in [2.45, 2.75) is 20.4 Å². The van der Waals surface area contributed by atoms with Crippen LogP contribution in [0.3, 0.4) is 0 Å². The van der Waals surface area contributed by atoms with Gasteiger partial charge in [-0.15, -0.1) is 24.8 Å². The fourth-order valence-electron chi connectivity index (χ4n) is 3.86. The normalized spacial score (nSPS) is 10.2. The monoisotopic (exact) mass is 529 g/mol. The number of H-pyrrole nitrogens is 1. The van der Waals surface area contributed by atoms with Crippen LogP contribution in [0.5, 0.6) is 5.75 Å². The largest absolute Gasteiger partial charge is 0.496 e. The summed E-state index contributed by atoms with van der Waals surface area (Å²) in [5, 5.41) is 2.89. The van der Waals surface area contributed by atoms with E-state index in [4.69, 9.17) is 10.5 Å². The molecule has 4 aromatic rings.